The molecule has 3 N–H and O–H groups in total. The molecule has 0 amide bonds. The van der Waals surface area contributed by atoms with Gasteiger partial charge in [0.05, 0.1) is 10.7 Å². The summed E-state index contributed by atoms with van der Waals surface area (Å²) < 4.78 is 14.9. The first-order valence-electron chi connectivity index (χ1n) is 6.86. The van der Waals surface area contributed by atoms with Crippen molar-refractivity contribution in [2.75, 3.05) is 18.1 Å². The highest BCUT2D eigenvalue weighted by Gasteiger charge is 2.15. The second-order valence-corrected chi connectivity index (χ2v) is 5.54. The standard InChI is InChI=1S/C16H14ClFN4O/c1-20-14-4-3-8-5-10(16(23)22(2)15(8)21-14)9-6-13(19)12(18)7-11(9)17/h3-7H,19H2,1-2H3,(H,20,21). The molecule has 7 heteroatoms. The Balaban J connectivity index is 2.34. The minimum Gasteiger partial charge on any atom is -0.396 e. The van der Waals surface area contributed by atoms with E-state index in [4.69, 9.17) is 17.3 Å². The number of nitrogens with two attached hydrogens (primary N) is 1. The Morgan fingerprint density at radius 1 is 1.26 bits per heavy atom. The molecule has 0 aliphatic carbocycles. The Kier molecular flexibility index (Phi) is 3.69. The van der Waals surface area contributed by atoms with Gasteiger partial charge in [-0.1, -0.05) is 11.6 Å². The normalized spacial score (nSPS) is 11.0. The molecule has 3 rings (SSSR count). The molecule has 0 spiro atoms. The Bertz CT molecular complexity index is 984. The van der Waals surface area contributed by atoms with E-state index in [1.165, 1.54) is 10.6 Å². The SMILES string of the molecule is CNc1ccc2cc(-c3cc(N)c(F)cc3Cl)c(=O)n(C)c2n1. The third-order valence-corrected chi connectivity index (χ3v) is 4.00. The first kappa shape index (κ1) is 15.3. The molecular formula is C16H14ClFN4O. The van der Waals surface area contributed by atoms with Crippen molar-refractivity contribution in [2.45, 2.75) is 0 Å². The molecule has 0 unspecified atom stereocenters. The quantitative estimate of drug-likeness (QED) is 0.707. The summed E-state index contributed by atoms with van der Waals surface area (Å²) in [6.45, 7) is 0. The number of halogens is 2. The van der Waals surface area contributed by atoms with Crippen LogP contribution in [0.3, 0.4) is 0 Å². The second kappa shape index (κ2) is 5.55. The number of pyridine rings is 2. The van der Waals surface area contributed by atoms with Gasteiger partial charge in [0.15, 0.2) is 0 Å². The third-order valence-electron chi connectivity index (χ3n) is 3.69. The van der Waals surface area contributed by atoms with Gasteiger partial charge in [-0.25, -0.2) is 9.37 Å². The summed E-state index contributed by atoms with van der Waals surface area (Å²) in [7, 11) is 3.38. The summed E-state index contributed by atoms with van der Waals surface area (Å²) in [5, 5.41) is 3.83. The van der Waals surface area contributed by atoms with E-state index in [0.717, 1.165) is 11.5 Å². The van der Waals surface area contributed by atoms with Crippen LogP contribution in [0.1, 0.15) is 0 Å². The molecule has 3 aromatic rings. The second-order valence-electron chi connectivity index (χ2n) is 5.14. The molecule has 1 aromatic carbocycles. The minimum atomic E-state index is -0.614. The minimum absolute atomic E-state index is 0.0600. The van der Waals surface area contributed by atoms with Crippen LogP contribution in [0.15, 0.2) is 35.1 Å². The van der Waals surface area contributed by atoms with Crippen molar-refractivity contribution in [1.29, 1.82) is 0 Å². The van der Waals surface area contributed by atoms with E-state index in [1.54, 1.807) is 26.2 Å². The lowest BCUT2D eigenvalue weighted by molar-refractivity contribution is 0.633. The molecule has 2 heterocycles. The van der Waals surface area contributed by atoms with E-state index in [9.17, 15) is 9.18 Å². The fourth-order valence-electron chi connectivity index (χ4n) is 2.44. The first-order valence-corrected chi connectivity index (χ1v) is 7.23. The lowest BCUT2D eigenvalue weighted by Gasteiger charge is -2.11. The van der Waals surface area contributed by atoms with Crippen LogP contribution in [0.2, 0.25) is 5.02 Å². The molecule has 118 valence electrons. The lowest BCUT2D eigenvalue weighted by Crippen LogP contribution is -2.20. The number of hydrogen-bond acceptors (Lipinski definition) is 4. The number of benzene rings is 1. The third kappa shape index (κ3) is 2.51. The molecule has 23 heavy (non-hydrogen) atoms. The molecule has 0 aliphatic heterocycles. The number of aromatic nitrogens is 2. The predicted molar refractivity (Wildman–Crippen MR) is 91.3 cm³/mol. The van der Waals surface area contributed by atoms with Gasteiger partial charge in [-0.05, 0) is 30.3 Å². The summed E-state index contributed by atoms with van der Waals surface area (Å²) in [5.74, 6) is 0.0426. The van der Waals surface area contributed by atoms with Gasteiger partial charge < -0.3 is 11.1 Å². The number of nitrogen functional groups attached to an aromatic ring is 1. The molecular weight excluding hydrogens is 319 g/mol. The van der Waals surface area contributed by atoms with Gasteiger partial charge in [0.25, 0.3) is 5.56 Å². The fourth-order valence-corrected chi connectivity index (χ4v) is 2.69. The summed E-state index contributed by atoms with van der Waals surface area (Å²) in [4.78, 5) is 17.0. The van der Waals surface area contributed by atoms with E-state index >= 15 is 0 Å². The van der Waals surface area contributed by atoms with Crippen LogP contribution < -0.4 is 16.6 Å². The van der Waals surface area contributed by atoms with Crippen molar-refractivity contribution in [1.82, 2.24) is 9.55 Å². The van der Waals surface area contributed by atoms with Gasteiger partial charge in [0, 0.05) is 30.6 Å². The van der Waals surface area contributed by atoms with Crippen molar-refractivity contribution < 1.29 is 4.39 Å². The fraction of sp³-hybridized carbons (Fsp3) is 0.125. The first-order chi connectivity index (χ1) is 10.9. The highest BCUT2D eigenvalue weighted by atomic mass is 35.5. The molecule has 0 saturated heterocycles. The number of aryl methyl sites for hydroxylation is 1. The maximum Gasteiger partial charge on any atom is 0.259 e. The average Bonchev–Trinajstić information content (AvgIpc) is 2.54. The van der Waals surface area contributed by atoms with E-state index in [-0.39, 0.29) is 16.3 Å². The van der Waals surface area contributed by atoms with Crippen molar-refractivity contribution in [3.8, 4) is 11.1 Å². The van der Waals surface area contributed by atoms with Gasteiger partial charge in [0.2, 0.25) is 0 Å². The van der Waals surface area contributed by atoms with E-state index in [2.05, 4.69) is 10.3 Å². The maximum absolute atomic E-state index is 13.5. The number of fused-ring (bicyclic) bond motifs is 1. The monoisotopic (exact) mass is 332 g/mol. The molecule has 0 fully saturated rings. The molecule has 0 atom stereocenters. The van der Waals surface area contributed by atoms with Crippen molar-refractivity contribution in [2.24, 2.45) is 7.05 Å². The highest BCUT2D eigenvalue weighted by molar-refractivity contribution is 6.33. The zero-order valence-electron chi connectivity index (χ0n) is 12.5. The number of nitrogens with zero attached hydrogens (tertiary/aromatic N) is 2. The number of nitrogens with one attached hydrogen (secondary N) is 1. The highest BCUT2D eigenvalue weighted by Crippen LogP contribution is 2.31. The Morgan fingerprint density at radius 2 is 2.00 bits per heavy atom. The largest absolute Gasteiger partial charge is 0.396 e. The van der Waals surface area contributed by atoms with Crippen LogP contribution in [-0.2, 0) is 7.05 Å². The average molecular weight is 333 g/mol. The topological polar surface area (TPSA) is 72.9 Å². The Morgan fingerprint density at radius 3 is 2.70 bits per heavy atom. The maximum atomic E-state index is 13.5. The van der Waals surface area contributed by atoms with Gasteiger partial charge in [0.1, 0.15) is 17.3 Å². The molecule has 0 saturated carbocycles. The van der Waals surface area contributed by atoms with Gasteiger partial charge in [-0.2, -0.15) is 0 Å². The molecule has 0 radical (unpaired) electrons. The van der Waals surface area contributed by atoms with E-state index in [1.807, 2.05) is 6.07 Å². The van der Waals surface area contributed by atoms with Gasteiger partial charge in [-0.3, -0.25) is 9.36 Å². The Labute approximate surface area is 136 Å². The number of rotatable bonds is 2. The Hall–Kier alpha value is -2.60. The van der Waals surface area contributed by atoms with Crippen molar-refractivity contribution in [3.63, 3.8) is 0 Å². The molecule has 5 nitrogen and oxygen atoms in total. The van der Waals surface area contributed by atoms with Crippen molar-refractivity contribution >= 4 is 34.1 Å². The number of anilines is 2. The smallest absolute Gasteiger partial charge is 0.259 e. The number of hydrogen-bond donors (Lipinski definition) is 2. The van der Waals surface area contributed by atoms with Crippen LogP contribution in [0, 0.1) is 5.82 Å². The van der Waals surface area contributed by atoms with Crippen LogP contribution in [0.25, 0.3) is 22.2 Å². The zero-order valence-corrected chi connectivity index (χ0v) is 13.3. The van der Waals surface area contributed by atoms with Crippen LogP contribution in [-0.4, -0.2) is 16.6 Å². The zero-order chi connectivity index (χ0) is 16.7. The molecule has 2 aromatic heterocycles. The van der Waals surface area contributed by atoms with Gasteiger partial charge in [-0.15, -0.1) is 0 Å². The summed E-state index contributed by atoms with van der Waals surface area (Å²) >= 11 is 6.09. The van der Waals surface area contributed by atoms with Crippen LogP contribution in [0.5, 0.6) is 0 Å². The summed E-state index contributed by atoms with van der Waals surface area (Å²) in [6.07, 6.45) is 0. The van der Waals surface area contributed by atoms with Crippen LogP contribution >= 0.6 is 11.6 Å². The predicted octanol–water partition coefficient (Wildman–Crippen LogP) is 3.02. The van der Waals surface area contributed by atoms with Crippen molar-refractivity contribution in [3.05, 3.63) is 51.5 Å². The van der Waals surface area contributed by atoms with Crippen LogP contribution in [0.4, 0.5) is 15.9 Å². The molecule has 0 bridgehead atoms. The summed E-state index contributed by atoms with van der Waals surface area (Å²) in [5.41, 5.74) is 6.53. The van der Waals surface area contributed by atoms with Gasteiger partial charge >= 0.3 is 0 Å². The lowest BCUT2D eigenvalue weighted by atomic mass is 10.0. The summed E-state index contributed by atoms with van der Waals surface area (Å²) in [6, 6.07) is 7.81. The van der Waals surface area contributed by atoms with E-state index in [0.29, 0.717) is 22.6 Å². The van der Waals surface area contributed by atoms with E-state index < -0.39 is 5.82 Å². The molecule has 0 aliphatic rings.